The number of nitrogens with zero attached hydrogens (tertiary/aromatic N) is 1. The van der Waals surface area contributed by atoms with Crippen LogP contribution in [0, 0.1) is 0 Å². The molecule has 0 aliphatic rings. The lowest BCUT2D eigenvalue weighted by Gasteiger charge is -2.21. The van der Waals surface area contributed by atoms with Gasteiger partial charge in [-0.2, -0.15) is 12.6 Å². The van der Waals surface area contributed by atoms with Gasteiger partial charge in [0, 0.05) is 19.2 Å². The van der Waals surface area contributed by atoms with E-state index in [-0.39, 0.29) is 31.4 Å². The fraction of sp³-hybridized carbons (Fsp3) is 0.478. The molecule has 0 saturated carbocycles. The highest BCUT2D eigenvalue weighted by Crippen LogP contribution is 2.21. The third-order valence-corrected chi connectivity index (χ3v) is 5.69. The van der Waals surface area contributed by atoms with Crippen LogP contribution in [0.15, 0.2) is 41.1 Å². The van der Waals surface area contributed by atoms with Gasteiger partial charge in [-0.3, -0.25) is 14.4 Å². The van der Waals surface area contributed by atoms with Gasteiger partial charge in [-0.15, -0.1) is 0 Å². The molecule has 0 radical (unpaired) electrons. The first kappa shape index (κ1) is 28.0. The number of nitrogens with one attached hydrogen (secondary N) is 2. The van der Waals surface area contributed by atoms with Gasteiger partial charge in [-0.1, -0.05) is 0 Å². The molecule has 0 spiro atoms. The maximum absolute atomic E-state index is 12.7. The zero-order valence-electron chi connectivity index (χ0n) is 19.3. The van der Waals surface area contributed by atoms with E-state index < -0.39 is 41.9 Å². The van der Waals surface area contributed by atoms with Gasteiger partial charge in [0.05, 0.1) is 12.0 Å². The molecule has 11 nitrogen and oxygen atoms in total. The number of carboxylic acids is 2. The van der Waals surface area contributed by atoms with Crippen LogP contribution in [0.1, 0.15) is 38.5 Å². The zero-order valence-corrected chi connectivity index (χ0v) is 20.2. The lowest BCUT2D eigenvalue weighted by molar-refractivity contribution is -0.142. The van der Waals surface area contributed by atoms with Crippen molar-refractivity contribution in [2.45, 2.75) is 63.2 Å². The largest absolute Gasteiger partial charge is 0.480 e. The number of carbonyl (C=O) groups is 4. The molecule has 0 saturated heterocycles. The first-order valence-corrected chi connectivity index (χ1v) is 12.0. The summed E-state index contributed by atoms with van der Waals surface area (Å²) in [5.41, 5.74) is 6.32. The van der Waals surface area contributed by atoms with Crippen LogP contribution in [0.5, 0.6) is 0 Å². The highest BCUT2D eigenvalue weighted by atomic mass is 32.1. The smallest absolute Gasteiger partial charge is 0.326 e. The highest BCUT2D eigenvalue weighted by molar-refractivity contribution is 7.80. The van der Waals surface area contributed by atoms with Crippen LogP contribution in [0.3, 0.4) is 0 Å². The summed E-state index contributed by atoms with van der Waals surface area (Å²) >= 11 is 4.09. The molecule has 2 amide bonds. The number of nitrogens with two attached hydrogens (primary N) is 1. The third kappa shape index (κ3) is 9.13. The number of carbonyl (C=O) groups excluding carboxylic acids is 2. The van der Waals surface area contributed by atoms with E-state index in [1.54, 1.807) is 12.3 Å². The molecule has 35 heavy (non-hydrogen) atoms. The van der Waals surface area contributed by atoms with E-state index >= 15 is 0 Å². The third-order valence-electron chi connectivity index (χ3n) is 5.43. The van der Waals surface area contributed by atoms with Gasteiger partial charge in [0.2, 0.25) is 11.8 Å². The molecule has 6 N–H and O–H groups in total. The number of carboxylic acid groups (broad SMARTS) is 2. The SMILES string of the molecule is NC(CCC(=O)NC(CCS)C(=O)NC(CCCCn1cccc1-c1ccco1)C(=O)O)C(=O)O. The van der Waals surface area contributed by atoms with Crippen LogP contribution >= 0.6 is 12.6 Å². The predicted molar refractivity (Wildman–Crippen MR) is 131 cm³/mol. The maximum Gasteiger partial charge on any atom is 0.326 e. The molecule has 3 unspecified atom stereocenters. The molecule has 192 valence electrons. The van der Waals surface area contributed by atoms with Crippen molar-refractivity contribution in [2.24, 2.45) is 5.73 Å². The van der Waals surface area contributed by atoms with Gasteiger partial charge < -0.3 is 35.6 Å². The van der Waals surface area contributed by atoms with Crippen molar-refractivity contribution in [3.8, 4) is 11.5 Å². The number of aliphatic carboxylic acids is 2. The fourth-order valence-electron chi connectivity index (χ4n) is 3.49. The molecule has 12 heteroatoms. The van der Waals surface area contributed by atoms with E-state index in [9.17, 15) is 24.3 Å². The number of amides is 2. The van der Waals surface area contributed by atoms with Crippen LogP contribution in [0.2, 0.25) is 0 Å². The van der Waals surface area contributed by atoms with Crippen molar-refractivity contribution in [1.29, 1.82) is 0 Å². The summed E-state index contributed by atoms with van der Waals surface area (Å²) in [6, 6.07) is 4.23. The normalized spacial score (nSPS) is 13.5. The summed E-state index contributed by atoms with van der Waals surface area (Å²) in [4.78, 5) is 47.3. The Bertz CT molecular complexity index is 976. The molecule has 2 rings (SSSR count). The average molecular weight is 509 g/mol. The quantitative estimate of drug-likeness (QED) is 0.146. The van der Waals surface area contributed by atoms with Crippen LogP contribution in [0.25, 0.3) is 11.5 Å². The summed E-state index contributed by atoms with van der Waals surface area (Å²) in [7, 11) is 0. The van der Waals surface area contributed by atoms with E-state index in [2.05, 4.69) is 23.3 Å². The van der Waals surface area contributed by atoms with E-state index in [0.29, 0.717) is 19.4 Å². The number of hydrogen-bond donors (Lipinski definition) is 6. The Labute approximate surface area is 208 Å². The van der Waals surface area contributed by atoms with Crippen LogP contribution in [-0.2, 0) is 25.7 Å². The number of hydrogen-bond acceptors (Lipinski definition) is 7. The molecule has 3 atom stereocenters. The Balaban J connectivity index is 1.85. The van der Waals surface area contributed by atoms with Crippen molar-refractivity contribution in [1.82, 2.24) is 15.2 Å². The van der Waals surface area contributed by atoms with Gasteiger partial charge >= 0.3 is 11.9 Å². The second kappa shape index (κ2) is 14.2. The van der Waals surface area contributed by atoms with Crippen molar-refractivity contribution in [3.63, 3.8) is 0 Å². The summed E-state index contributed by atoms with van der Waals surface area (Å²) < 4.78 is 7.45. The number of aromatic nitrogens is 1. The van der Waals surface area contributed by atoms with Crippen LogP contribution in [-0.4, -0.2) is 62.4 Å². The Morgan fingerprint density at radius 2 is 1.77 bits per heavy atom. The number of furan rings is 1. The predicted octanol–water partition coefficient (Wildman–Crippen LogP) is 1.48. The molecule has 2 aromatic heterocycles. The molecule has 2 heterocycles. The number of aryl methyl sites for hydroxylation is 1. The summed E-state index contributed by atoms with van der Waals surface area (Å²) in [5.74, 6) is -2.55. The van der Waals surface area contributed by atoms with Crippen molar-refractivity contribution in [3.05, 3.63) is 36.7 Å². The maximum atomic E-state index is 12.7. The zero-order chi connectivity index (χ0) is 25.8. The second-order valence-electron chi connectivity index (χ2n) is 8.08. The van der Waals surface area contributed by atoms with Crippen molar-refractivity contribution >= 4 is 36.4 Å². The molecular weight excluding hydrogens is 476 g/mol. The first-order chi connectivity index (χ1) is 16.7. The number of rotatable bonds is 16. The molecule has 0 aliphatic carbocycles. The standard InChI is InChI=1S/C23H32N4O7S/c24-15(22(30)31)8-9-20(28)25-16(10-14-35)21(29)26-17(23(32)33)5-1-2-11-27-12-3-6-18(27)19-7-4-13-34-19/h3-4,6-7,12-13,15-17,35H,1-2,5,8-11,14,24H2,(H,25,28)(H,26,29)(H,30,31)(H,32,33). The van der Waals surface area contributed by atoms with Gasteiger partial charge in [-0.25, -0.2) is 4.79 Å². The van der Waals surface area contributed by atoms with Crippen molar-refractivity contribution < 1.29 is 33.8 Å². The highest BCUT2D eigenvalue weighted by Gasteiger charge is 2.26. The Morgan fingerprint density at radius 3 is 2.40 bits per heavy atom. The molecule has 0 fully saturated rings. The lowest BCUT2D eigenvalue weighted by atomic mass is 10.1. The van der Waals surface area contributed by atoms with Gasteiger partial charge in [0.15, 0.2) is 0 Å². The summed E-state index contributed by atoms with van der Waals surface area (Å²) in [6.07, 6.45) is 4.88. The monoisotopic (exact) mass is 508 g/mol. The van der Waals surface area contributed by atoms with Crippen molar-refractivity contribution in [2.75, 3.05) is 5.75 Å². The minimum atomic E-state index is -1.22. The van der Waals surface area contributed by atoms with E-state index in [4.69, 9.17) is 15.3 Å². The Kier molecular flexibility index (Phi) is 11.4. The van der Waals surface area contributed by atoms with E-state index in [0.717, 1.165) is 11.5 Å². The van der Waals surface area contributed by atoms with Crippen LogP contribution in [0.4, 0.5) is 0 Å². The average Bonchev–Trinajstić information content (AvgIpc) is 3.50. The second-order valence-corrected chi connectivity index (χ2v) is 8.52. The Hall–Kier alpha value is -3.25. The van der Waals surface area contributed by atoms with Gasteiger partial charge in [-0.05, 0) is 62.1 Å². The number of thiol groups is 1. The number of unbranched alkanes of at least 4 members (excludes halogenated alkanes) is 1. The minimum absolute atomic E-state index is 0.0861. The summed E-state index contributed by atoms with van der Waals surface area (Å²) in [6.45, 7) is 0.653. The Morgan fingerprint density at radius 1 is 1.00 bits per heavy atom. The van der Waals surface area contributed by atoms with Crippen LogP contribution < -0.4 is 16.4 Å². The molecule has 0 aliphatic heterocycles. The molecular formula is C23H32N4O7S. The first-order valence-electron chi connectivity index (χ1n) is 11.3. The topological polar surface area (TPSA) is 177 Å². The minimum Gasteiger partial charge on any atom is -0.480 e. The molecule has 0 aromatic carbocycles. The fourth-order valence-corrected chi connectivity index (χ4v) is 3.75. The lowest BCUT2D eigenvalue weighted by Crippen LogP contribution is -2.52. The van der Waals surface area contributed by atoms with E-state index in [1.807, 2.05) is 29.0 Å². The van der Waals surface area contributed by atoms with E-state index in [1.165, 1.54) is 0 Å². The summed E-state index contributed by atoms with van der Waals surface area (Å²) in [5, 5.41) is 23.4. The molecule has 0 bridgehead atoms. The van der Waals surface area contributed by atoms with Gasteiger partial charge in [0.25, 0.3) is 0 Å². The van der Waals surface area contributed by atoms with Gasteiger partial charge in [0.1, 0.15) is 23.9 Å². The molecule has 2 aromatic rings.